The van der Waals surface area contributed by atoms with Crippen LogP contribution in [0.15, 0.2) is 33.9 Å². The molecule has 2 heterocycles. The quantitative estimate of drug-likeness (QED) is 0.605. The van der Waals surface area contributed by atoms with Crippen molar-refractivity contribution < 1.29 is 9.84 Å². The summed E-state index contributed by atoms with van der Waals surface area (Å²) in [5.41, 5.74) is 0.498. The van der Waals surface area contributed by atoms with Crippen LogP contribution in [0.25, 0.3) is 11.2 Å². The van der Waals surface area contributed by atoms with E-state index in [1.165, 1.54) is 11.7 Å². The molecular weight excluding hydrogens is 396 g/mol. The van der Waals surface area contributed by atoms with Crippen molar-refractivity contribution in [2.75, 3.05) is 20.3 Å². The third kappa shape index (κ3) is 4.27. The minimum atomic E-state index is -0.483. The van der Waals surface area contributed by atoms with Crippen molar-refractivity contribution in [2.45, 2.75) is 19.5 Å². The van der Waals surface area contributed by atoms with Crippen LogP contribution in [0, 0.1) is 11.8 Å². The third-order valence-electron chi connectivity index (χ3n) is 4.44. The Balaban J connectivity index is 2.26. The Morgan fingerprint density at radius 1 is 1.21 bits per heavy atom. The van der Waals surface area contributed by atoms with Crippen molar-refractivity contribution in [3.05, 3.63) is 61.5 Å². The highest BCUT2D eigenvalue weighted by Gasteiger charge is 2.19. The molecule has 1 aromatic carbocycles. The molecule has 0 fully saturated rings. The number of aliphatic hydroxyl groups excluding tert-OH is 1. The van der Waals surface area contributed by atoms with Gasteiger partial charge in [-0.25, -0.2) is 9.78 Å². The molecule has 0 saturated carbocycles. The van der Waals surface area contributed by atoms with E-state index < -0.39 is 11.2 Å². The average molecular weight is 417 g/mol. The second kappa shape index (κ2) is 9.09. The third-order valence-corrected chi connectivity index (χ3v) is 4.69. The molecular formula is C20H21ClN4O4. The van der Waals surface area contributed by atoms with E-state index in [2.05, 4.69) is 16.8 Å². The number of hydrogen-bond acceptors (Lipinski definition) is 5. The number of hydrogen-bond donors (Lipinski definition) is 1. The number of fused-ring (bicyclic) bond motifs is 1. The van der Waals surface area contributed by atoms with Crippen LogP contribution in [0.2, 0.25) is 5.02 Å². The maximum atomic E-state index is 13.1. The number of imidazole rings is 1. The summed E-state index contributed by atoms with van der Waals surface area (Å²) in [6.45, 7) is 0.544. The molecule has 3 rings (SSSR count). The number of ether oxygens (including phenoxy) is 1. The molecule has 9 heteroatoms. The number of halogens is 1. The molecule has 0 unspecified atom stereocenters. The molecule has 0 aliphatic heterocycles. The normalized spacial score (nSPS) is 10.9. The molecule has 1 N–H and O–H groups in total. The van der Waals surface area contributed by atoms with E-state index in [1.807, 2.05) is 12.1 Å². The number of nitrogens with zero attached hydrogens (tertiary/aromatic N) is 4. The average Bonchev–Trinajstić information content (AvgIpc) is 3.07. The molecule has 0 amide bonds. The van der Waals surface area contributed by atoms with Crippen LogP contribution in [0.4, 0.5) is 0 Å². The predicted molar refractivity (Wildman–Crippen MR) is 110 cm³/mol. The molecule has 152 valence electrons. The summed E-state index contributed by atoms with van der Waals surface area (Å²) < 4.78 is 9.11. The summed E-state index contributed by atoms with van der Waals surface area (Å²) in [7, 11) is 3.10. The lowest BCUT2D eigenvalue weighted by molar-refractivity contribution is 0.240. The first-order chi connectivity index (χ1) is 14.0. The van der Waals surface area contributed by atoms with Gasteiger partial charge in [0.2, 0.25) is 0 Å². The van der Waals surface area contributed by atoms with Gasteiger partial charge >= 0.3 is 5.69 Å². The lowest BCUT2D eigenvalue weighted by Gasteiger charge is -2.10. The second-order valence-electron chi connectivity index (χ2n) is 6.43. The second-order valence-corrected chi connectivity index (χ2v) is 6.87. The van der Waals surface area contributed by atoms with E-state index in [0.29, 0.717) is 23.8 Å². The Morgan fingerprint density at radius 2 is 1.93 bits per heavy atom. The first-order valence-electron chi connectivity index (χ1n) is 9.01. The van der Waals surface area contributed by atoms with Gasteiger partial charge < -0.3 is 14.4 Å². The van der Waals surface area contributed by atoms with Gasteiger partial charge in [-0.3, -0.25) is 13.9 Å². The summed E-state index contributed by atoms with van der Waals surface area (Å²) in [4.78, 5) is 30.2. The van der Waals surface area contributed by atoms with Crippen LogP contribution >= 0.6 is 11.6 Å². The van der Waals surface area contributed by atoms with E-state index in [1.54, 1.807) is 23.7 Å². The van der Waals surface area contributed by atoms with Crippen molar-refractivity contribution in [3.8, 4) is 11.8 Å². The number of methoxy groups -OCH3 is 1. The summed E-state index contributed by atoms with van der Waals surface area (Å²) in [5, 5.41) is 9.72. The Kier molecular flexibility index (Phi) is 6.54. The van der Waals surface area contributed by atoms with Crippen LogP contribution in [0.5, 0.6) is 0 Å². The van der Waals surface area contributed by atoms with Crippen molar-refractivity contribution >= 4 is 22.8 Å². The van der Waals surface area contributed by atoms with Gasteiger partial charge in [0, 0.05) is 32.3 Å². The smallest absolute Gasteiger partial charge is 0.332 e. The fourth-order valence-corrected chi connectivity index (χ4v) is 3.13. The molecule has 0 aliphatic carbocycles. The van der Waals surface area contributed by atoms with Crippen LogP contribution < -0.4 is 11.2 Å². The van der Waals surface area contributed by atoms with Crippen LogP contribution in [0.1, 0.15) is 17.8 Å². The number of rotatable bonds is 6. The number of aryl methyl sites for hydroxylation is 1. The molecule has 2 aromatic heterocycles. The van der Waals surface area contributed by atoms with E-state index >= 15 is 0 Å². The Hall–Kier alpha value is -2.86. The molecule has 29 heavy (non-hydrogen) atoms. The standard InChI is InChI=1S/C20H21ClN4O4/c1-23-18-17(19(27)24(20(23)28)10-4-11-26)25(16(22-18)5-3-12-29-2)13-14-6-8-15(21)9-7-14/h6-9,26H,4,10-13H2,1-2H3. The SMILES string of the molecule is COCC#Cc1nc2c(c(=O)n(CCCO)c(=O)n2C)n1Cc1ccc(Cl)cc1. The van der Waals surface area contributed by atoms with Gasteiger partial charge in [-0.05, 0) is 30.0 Å². The van der Waals surface area contributed by atoms with Crippen LogP contribution in [0.3, 0.4) is 0 Å². The van der Waals surface area contributed by atoms with Gasteiger partial charge in [-0.15, -0.1) is 0 Å². The minimum absolute atomic E-state index is 0.120. The molecule has 3 aromatic rings. The first-order valence-corrected chi connectivity index (χ1v) is 9.39. The minimum Gasteiger partial charge on any atom is -0.396 e. The summed E-state index contributed by atoms with van der Waals surface area (Å²) >= 11 is 5.97. The summed E-state index contributed by atoms with van der Waals surface area (Å²) in [5.74, 6) is 6.12. The molecule has 8 nitrogen and oxygen atoms in total. The molecule has 0 bridgehead atoms. The molecule has 0 aliphatic rings. The van der Waals surface area contributed by atoms with Crippen molar-refractivity contribution in [3.63, 3.8) is 0 Å². The van der Waals surface area contributed by atoms with E-state index in [9.17, 15) is 9.59 Å². The van der Waals surface area contributed by atoms with Gasteiger partial charge in [-0.2, -0.15) is 0 Å². The lowest BCUT2D eigenvalue weighted by atomic mass is 10.2. The topological polar surface area (TPSA) is 91.3 Å². The zero-order valence-electron chi connectivity index (χ0n) is 16.2. The van der Waals surface area contributed by atoms with E-state index in [-0.39, 0.29) is 30.9 Å². The predicted octanol–water partition coefficient (Wildman–Crippen LogP) is 0.979. The van der Waals surface area contributed by atoms with Crippen molar-refractivity contribution in [1.82, 2.24) is 18.7 Å². The zero-order valence-corrected chi connectivity index (χ0v) is 16.9. The van der Waals surface area contributed by atoms with Gasteiger partial charge in [0.15, 0.2) is 17.0 Å². The first kappa shape index (κ1) is 20.9. The summed E-state index contributed by atoms with van der Waals surface area (Å²) in [6.07, 6.45) is 0.298. The number of aliphatic hydroxyl groups is 1. The van der Waals surface area contributed by atoms with Crippen molar-refractivity contribution in [1.29, 1.82) is 0 Å². The van der Waals surface area contributed by atoms with Gasteiger partial charge in [0.25, 0.3) is 5.56 Å². The van der Waals surface area contributed by atoms with Gasteiger partial charge in [-0.1, -0.05) is 29.7 Å². The lowest BCUT2D eigenvalue weighted by Crippen LogP contribution is -2.40. The summed E-state index contributed by atoms with van der Waals surface area (Å²) in [6, 6.07) is 7.24. The fourth-order valence-electron chi connectivity index (χ4n) is 3.01. The Labute approximate surface area is 171 Å². The number of aromatic nitrogens is 4. The number of benzene rings is 1. The highest BCUT2D eigenvalue weighted by molar-refractivity contribution is 6.30. The molecule has 0 spiro atoms. The molecule has 0 radical (unpaired) electrons. The molecule has 0 atom stereocenters. The van der Waals surface area contributed by atoms with Crippen LogP contribution in [-0.4, -0.2) is 44.1 Å². The molecule has 0 saturated heterocycles. The zero-order chi connectivity index (χ0) is 21.0. The highest BCUT2D eigenvalue weighted by Crippen LogP contribution is 2.16. The monoisotopic (exact) mass is 416 g/mol. The Bertz CT molecular complexity index is 1200. The van der Waals surface area contributed by atoms with E-state index in [4.69, 9.17) is 21.4 Å². The largest absolute Gasteiger partial charge is 0.396 e. The maximum absolute atomic E-state index is 13.1. The van der Waals surface area contributed by atoms with Gasteiger partial charge in [0.1, 0.15) is 6.61 Å². The van der Waals surface area contributed by atoms with Crippen molar-refractivity contribution in [2.24, 2.45) is 7.05 Å². The van der Waals surface area contributed by atoms with E-state index in [0.717, 1.165) is 10.1 Å². The van der Waals surface area contributed by atoms with Crippen LogP contribution in [-0.2, 0) is 24.9 Å². The highest BCUT2D eigenvalue weighted by atomic mass is 35.5. The van der Waals surface area contributed by atoms with Gasteiger partial charge in [0.05, 0.1) is 6.54 Å². The maximum Gasteiger partial charge on any atom is 0.332 e. The fraction of sp³-hybridized carbons (Fsp3) is 0.350. The Morgan fingerprint density at radius 3 is 2.59 bits per heavy atom.